The molecule has 0 fully saturated rings. The van der Waals surface area contributed by atoms with Gasteiger partial charge < -0.3 is 15.2 Å². The Labute approximate surface area is 122 Å². The van der Waals surface area contributed by atoms with E-state index in [1.54, 1.807) is 0 Å². The number of alkyl halides is 3. The average Bonchev–Trinajstić information content (AvgIpc) is 2.43. The van der Waals surface area contributed by atoms with Gasteiger partial charge in [-0.2, -0.15) is 13.2 Å². The number of hydrogen-bond acceptors (Lipinski definition) is 3. The monoisotopic (exact) mass is 321 g/mol. The van der Waals surface area contributed by atoms with E-state index in [1.165, 1.54) is 24.6 Å². The van der Waals surface area contributed by atoms with Gasteiger partial charge in [0.2, 0.25) is 0 Å². The number of nitrogens with one attached hydrogen (secondary N) is 1. The maximum absolute atomic E-state index is 13.6. The predicted molar refractivity (Wildman–Crippen MR) is 67.6 cm³/mol. The van der Waals surface area contributed by atoms with E-state index in [2.05, 4.69) is 0 Å². The Bertz CT molecular complexity index is 611. The molecule has 2 N–H and O–H groups in total. The molecule has 1 aromatic carbocycles. The molecule has 0 aliphatic carbocycles. The van der Waals surface area contributed by atoms with Crippen molar-refractivity contribution in [2.45, 2.75) is 6.18 Å². The Morgan fingerprint density at radius 3 is 2.50 bits per heavy atom. The molecule has 0 spiro atoms. The van der Waals surface area contributed by atoms with Gasteiger partial charge in [0, 0.05) is 5.56 Å². The topological polar surface area (TPSA) is 75.6 Å². The smallest absolute Gasteiger partial charge is 0.471 e. The lowest BCUT2D eigenvalue weighted by Crippen LogP contribution is -2.38. The Morgan fingerprint density at radius 2 is 2.00 bits per heavy atom. The summed E-state index contributed by atoms with van der Waals surface area (Å²) in [5.41, 5.74) is -0.817. The minimum atomic E-state index is -5.13. The SMILES string of the molecule is COc1ccc(F)c(C=C(CNC(=O)C(F)(F)F)C(=O)O)c1. The zero-order chi connectivity index (χ0) is 16.9. The van der Waals surface area contributed by atoms with Gasteiger partial charge in [0.05, 0.1) is 19.2 Å². The van der Waals surface area contributed by atoms with Crippen molar-refractivity contribution in [1.29, 1.82) is 0 Å². The normalized spacial score (nSPS) is 12.0. The fourth-order valence-electron chi connectivity index (χ4n) is 1.41. The highest BCUT2D eigenvalue weighted by Crippen LogP contribution is 2.19. The third-order valence-electron chi connectivity index (χ3n) is 2.50. The summed E-state index contributed by atoms with van der Waals surface area (Å²) in [6.45, 7) is -0.912. The predicted octanol–water partition coefficient (Wildman–Crippen LogP) is 1.98. The lowest BCUT2D eigenvalue weighted by molar-refractivity contribution is -0.173. The summed E-state index contributed by atoms with van der Waals surface area (Å²) >= 11 is 0. The summed E-state index contributed by atoms with van der Waals surface area (Å²) < 4.78 is 54.5. The third kappa shape index (κ3) is 4.76. The molecule has 0 aromatic heterocycles. The van der Waals surface area contributed by atoms with Crippen LogP contribution < -0.4 is 10.1 Å². The molecular formula is C13H11F4NO4. The van der Waals surface area contributed by atoms with Crippen LogP contribution in [0.25, 0.3) is 6.08 Å². The van der Waals surface area contributed by atoms with Crippen LogP contribution in [0.1, 0.15) is 5.56 Å². The number of amides is 1. The fourth-order valence-corrected chi connectivity index (χ4v) is 1.41. The molecule has 120 valence electrons. The van der Waals surface area contributed by atoms with Crippen LogP contribution in [0.2, 0.25) is 0 Å². The van der Waals surface area contributed by atoms with Crippen LogP contribution in [0.3, 0.4) is 0 Å². The molecule has 1 amide bonds. The number of rotatable bonds is 5. The molecule has 1 aromatic rings. The van der Waals surface area contributed by atoms with Crippen molar-refractivity contribution in [3.8, 4) is 5.75 Å². The molecule has 0 aliphatic heterocycles. The van der Waals surface area contributed by atoms with E-state index in [0.29, 0.717) is 0 Å². The van der Waals surface area contributed by atoms with E-state index in [0.717, 1.165) is 12.1 Å². The molecule has 22 heavy (non-hydrogen) atoms. The highest BCUT2D eigenvalue weighted by atomic mass is 19.4. The molecule has 0 heterocycles. The minimum absolute atomic E-state index is 0.196. The van der Waals surface area contributed by atoms with Crippen molar-refractivity contribution in [2.75, 3.05) is 13.7 Å². The van der Waals surface area contributed by atoms with Crippen molar-refractivity contribution >= 4 is 18.0 Å². The summed E-state index contributed by atoms with van der Waals surface area (Å²) in [6, 6.07) is 3.47. The van der Waals surface area contributed by atoms with Crippen molar-refractivity contribution in [2.24, 2.45) is 0 Å². The third-order valence-corrected chi connectivity index (χ3v) is 2.50. The highest BCUT2D eigenvalue weighted by Gasteiger charge is 2.38. The Kier molecular flexibility index (Phi) is 5.50. The van der Waals surface area contributed by atoms with Crippen LogP contribution in [-0.2, 0) is 9.59 Å². The summed E-state index contributed by atoms with van der Waals surface area (Å²) in [5.74, 6) is -4.44. The van der Waals surface area contributed by atoms with Crippen molar-refractivity contribution in [1.82, 2.24) is 5.32 Å². The van der Waals surface area contributed by atoms with E-state index in [1.807, 2.05) is 0 Å². The molecule has 9 heteroatoms. The zero-order valence-corrected chi connectivity index (χ0v) is 11.2. The van der Waals surface area contributed by atoms with Gasteiger partial charge in [0.25, 0.3) is 0 Å². The number of carbonyl (C=O) groups excluding carboxylic acids is 1. The van der Waals surface area contributed by atoms with E-state index in [4.69, 9.17) is 9.84 Å². The summed E-state index contributed by atoms with van der Waals surface area (Å²) in [4.78, 5) is 21.6. The molecule has 0 saturated heterocycles. The number of halogens is 4. The number of benzene rings is 1. The molecule has 5 nitrogen and oxygen atoms in total. The Hall–Kier alpha value is -2.58. The lowest BCUT2D eigenvalue weighted by atomic mass is 10.1. The number of methoxy groups -OCH3 is 1. The van der Waals surface area contributed by atoms with E-state index < -0.39 is 36.0 Å². The first-order chi connectivity index (χ1) is 10.1. The van der Waals surface area contributed by atoms with E-state index >= 15 is 0 Å². The van der Waals surface area contributed by atoms with Crippen molar-refractivity contribution in [3.63, 3.8) is 0 Å². The second-order valence-corrected chi connectivity index (χ2v) is 4.04. The molecule has 0 saturated carbocycles. The number of hydrogen-bond donors (Lipinski definition) is 2. The molecule has 0 bridgehead atoms. The Morgan fingerprint density at radius 1 is 1.36 bits per heavy atom. The second-order valence-electron chi connectivity index (χ2n) is 4.04. The largest absolute Gasteiger partial charge is 0.497 e. The number of ether oxygens (including phenoxy) is 1. The lowest BCUT2D eigenvalue weighted by Gasteiger charge is -2.09. The Balaban J connectivity index is 3.01. The van der Waals surface area contributed by atoms with Crippen LogP contribution in [0, 0.1) is 5.82 Å². The van der Waals surface area contributed by atoms with Crippen LogP contribution in [0.5, 0.6) is 5.75 Å². The van der Waals surface area contributed by atoms with Gasteiger partial charge >= 0.3 is 18.1 Å². The molecule has 1 rings (SSSR count). The standard InChI is InChI=1S/C13H11F4NO4/c1-22-9-2-3-10(14)7(5-9)4-8(11(19)20)6-18-12(21)13(15,16)17/h2-5H,6H2,1H3,(H,18,21)(H,19,20). The fraction of sp³-hybridized carbons (Fsp3) is 0.231. The zero-order valence-electron chi connectivity index (χ0n) is 11.2. The van der Waals surface area contributed by atoms with Crippen LogP contribution in [-0.4, -0.2) is 36.8 Å². The maximum Gasteiger partial charge on any atom is 0.471 e. The van der Waals surface area contributed by atoms with Gasteiger partial charge in [-0.3, -0.25) is 4.79 Å². The number of aliphatic carboxylic acids is 1. The summed E-state index contributed by atoms with van der Waals surface area (Å²) in [6.07, 6.45) is -4.32. The highest BCUT2D eigenvalue weighted by molar-refractivity contribution is 5.94. The molecule has 0 unspecified atom stereocenters. The first kappa shape index (κ1) is 17.5. The maximum atomic E-state index is 13.6. The van der Waals surface area contributed by atoms with Crippen LogP contribution >= 0.6 is 0 Å². The van der Waals surface area contributed by atoms with E-state index in [9.17, 15) is 27.2 Å². The van der Waals surface area contributed by atoms with Crippen LogP contribution in [0.15, 0.2) is 23.8 Å². The number of carboxylic acids is 1. The van der Waals surface area contributed by atoms with Crippen molar-refractivity contribution in [3.05, 3.63) is 35.2 Å². The van der Waals surface area contributed by atoms with Gasteiger partial charge in [0.15, 0.2) is 0 Å². The van der Waals surface area contributed by atoms with Gasteiger partial charge in [-0.25, -0.2) is 9.18 Å². The van der Waals surface area contributed by atoms with Gasteiger partial charge in [-0.05, 0) is 24.3 Å². The van der Waals surface area contributed by atoms with Gasteiger partial charge in [0.1, 0.15) is 11.6 Å². The summed E-state index contributed by atoms with van der Waals surface area (Å²) in [5, 5.41) is 10.3. The molecule has 0 atom stereocenters. The van der Waals surface area contributed by atoms with Crippen molar-refractivity contribution < 1.29 is 37.0 Å². The average molecular weight is 321 g/mol. The minimum Gasteiger partial charge on any atom is -0.497 e. The first-order valence-corrected chi connectivity index (χ1v) is 5.77. The van der Waals surface area contributed by atoms with Gasteiger partial charge in [-0.15, -0.1) is 0 Å². The molecular weight excluding hydrogens is 310 g/mol. The molecule has 0 aliphatic rings. The quantitative estimate of drug-likeness (QED) is 0.642. The summed E-state index contributed by atoms with van der Waals surface area (Å²) in [7, 11) is 1.31. The van der Waals surface area contributed by atoms with Gasteiger partial charge in [-0.1, -0.05) is 0 Å². The first-order valence-electron chi connectivity index (χ1n) is 5.77. The molecule has 0 radical (unpaired) electrons. The van der Waals surface area contributed by atoms with Crippen LogP contribution in [0.4, 0.5) is 17.6 Å². The number of carboxylic acid groups (broad SMARTS) is 1. The second kappa shape index (κ2) is 6.92. The van der Waals surface area contributed by atoms with E-state index in [-0.39, 0.29) is 11.3 Å². The number of carbonyl (C=O) groups is 2.